The van der Waals surface area contributed by atoms with Gasteiger partial charge in [0, 0.05) is 25.2 Å². The molecule has 1 heterocycles. The summed E-state index contributed by atoms with van der Waals surface area (Å²) in [7, 11) is 0. The lowest BCUT2D eigenvalue weighted by molar-refractivity contribution is -0.138. The van der Waals surface area contributed by atoms with Crippen LogP contribution in [0.4, 0.5) is 0 Å². The zero-order valence-corrected chi connectivity index (χ0v) is 16.6. The lowest BCUT2D eigenvalue weighted by atomic mass is 10.1. The van der Waals surface area contributed by atoms with Gasteiger partial charge in [-0.3, -0.25) is 9.69 Å². The van der Waals surface area contributed by atoms with Crippen molar-refractivity contribution in [2.75, 3.05) is 26.2 Å². The number of rotatable bonds is 9. The van der Waals surface area contributed by atoms with Crippen molar-refractivity contribution in [2.45, 2.75) is 58.5 Å². The summed E-state index contributed by atoms with van der Waals surface area (Å²) in [5, 5.41) is 0. The van der Waals surface area contributed by atoms with E-state index in [1.54, 1.807) is 0 Å². The first-order valence-electron chi connectivity index (χ1n) is 9.93. The van der Waals surface area contributed by atoms with Gasteiger partial charge in [0.05, 0.1) is 6.61 Å². The van der Waals surface area contributed by atoms with E-state index in [0.717, 1.165) is 45.3 Å². The highest BCUT2D eigenvalue weighted by atomic mass is 16.5. The average molecular weight is 359 g/mol. The second kappa shape index (κ2) is 10.4. The van der Waals surface area contributed by atoms with Gasteiger partial charge in [0.15, 0.2) is 5.76 Å². The van der Waals surface area contributed by atoms with Crippen LogP contribution in [0.15, 0.2) is 42.7 Å². The van der Waals surface area contributed by atoms with Gasteiger partial charge < -0.3 is 9.64 Å². The molecule has 0 bridgehead atoms. The SMILES string of the molecule is C=C(OCCCC)C(=O)N1C(C)CN(CCCc2ccccc2)CC1C. The topological polar surface area (TPSA) is 32.8 Å². The van der Waals surface area contributed by atoms with Crippen molar-refractivity contribution in [2.24, 2.45) is 0 Å². The fourth-order valence-corrected chi connectivity index (χ4v) is 3.71. The molecular weight excluding hydrogens is 324 g/mol. The molecule has 2 rings (SSSR count). The maximum Gasteiger partial charge on any atom is 0.288 e. The lowest BCUT2D eigenvalue weighted by Crippen LogP contribution is -2.59. The summed E-state index contributed by atoms with van der Waals surface area (Å²) >= 11 is 0. The van der Waals surface area contributed by atoms with Gasteiger partial charge in [0.25, 0.3) is 5.91 Å². The molecule has 0 aromatic heterocycles. The van der Waals surface area contributed by atoms with E-state index < -0.39 is 0 Å². The van der Waals surface area contributed by atoms with Crippen molar-refractivity contribution < 1.29 is 9.53 Å². The van der Waals surface area contributed by atoms with Crippen molar-refractivity contribution in [3.05, 3.63) is 48.2 Å². The molecule has 1 amide bonds. The Bertz CT molecular complexity index is 561. The molecule has 1 aromatic rings. The fourth-order valence-electron chi connectivity index (χ4n) is 3.71. The van der Waals surface area contributed by atoms with Crippen LogP contribution in [-0.2, 0) is 16.0 Å². The van der Waals surface area contributed by atoms with Crippen LogP contribution < -0.4 is 0 Å². The minimum Gasteiger partial charge on any atom is -0.488 e. The van der Waals surface area contributed by atoms with E-state index in [1.807, 2.05) is 4.90 Å². The summed E-state index contributed by atoms with van der Waals surface area (Å²) in [6.07, 6.45) is 4.25. The third-order valence-corrected chi connectivity index (χ3v) is 5.02. The number of aryl methyl sites for hydroxylation is 1. The number of carbonyl (C=O) groups is 1. The van der Waals surface area contributed by atoms with E-state index in [1.165, 1.54) is 5.56 Å². The summed E-state index contributed by atoms with van der Waals surface area (Å²) in [6.45, 7) is 13.7. The van der Waals surface area contributed by atoms with Gasteiger partial charge in [-0.05, 0) is 45.2 Å². The number of unbranched alkanes of at least 4 members (excludes halogenated alkanes) is 1. The van der Waals surface area contributed by atoms with E-state index in [-0.39, 0.29) is 23.8 Å². The summed E-state index contributed by atoms with van der Waals surface area (Å²) in [4.78, 5) is 17.1. The molecule has 0 saturated carbocycles. The molecule has 0 aliphatic carbocycles. The molecule has 0 spiro atoms. The molecule has 1 fully saturated rings. The standard InChI is InChI=1S/C22H34N2O2/c1-5-6-15-26-20(4)22(25)24-18(2)16-23(17-19(24)3)14-10-13-21-11-8-7-9-12-21/h7-9,11-12,18-19H,4-6,10,13-17H2,1-3H3. The van der Waals surface area contributed by atoms with Gasteiger partial charge in [0.1, 0.15) is 0 Å². The Morgan fingerprint density at radius 3 is 2.42 bits per heavy atom. The predicted octanol–water partition coefficient (Wildman–Crippen LogP) is 3.87. The van der Waals surface area contributed by atoms with Crippen LogP contribution in [0.1, 0.15) is 45.6 Å². The largest absolute Gasteiger partial charge is 0.488 e. The van der Waals surface area contributed by atoms with Crippen molar-refractivity contribution >= 4 is 5.91 Å². The molecular formula is C22H34N2O2. The summed E-state index contributed by atoms with van der Waals surface area (Å²) < 4.78 is 5.54. The Kier molecular flexibility index (Phi) is 8.17. The monoisotopic (exact) mass is 358 g/mol. The van der Waals surface area contributed by atoms with E-state index in [0.29, 0.717) is 6.61 Å². The molecule has 1 aliphatic heterocycles. The molecule has 0 radical (unpaired) electrons. The zero-order valence-electron chi connectivity index (χ0n) is 16.6. The Hall–Kier alpha value is -1.81. The number of hydrogen-bond donors (Lipinski definition) is 0. The molecule has 144 valence electrons. The van der Waals surface area contributed by atoms with E-state index in [9.17, 15) is 4.79 Å². The van der Waals surface area contributed by atoms with Gasteiger partial charge in [-0.2, -0.15) is 0 Å². The van der Waals surface area contributed by atoms with E-state index in [2.05, 4.69) is 62.6 Å². The molecule has 2 unspecified atom stereocenters. The molecule has 1 saturated heterocycles. The lowest BCUT2D eigenvalue weighted by Gasteiger charge is -2.44. The maximum atomic E-state index is 12.7. The molecule has 1 aromatic carbocycles. The first-order chi connectivity index (χ1) is 12.5. The number of amides is 1. The van der Waals surface area contributed by atoms with Crippen molar-refractivity contribution in [3.8, 4) is 0 Å². The van der Waals surface area contributed by atoms with Crippen molar-refractivity contribution in [1.29, 1.82) is 0 Å². The van der Waals surface area contributed by atoms with Gasteiger partial charge in [0.2, 0.25) is 0 Å². The predicted molar refractivity (Wildman–Crippen MR) is 107 cm³/mol. The number of benzene rings is 1. The molecule has 0 N–H and O–H groups in total. The highest BCUT2D eigenvalue weighted by Crippen LogP contribution is 2.19. The number of hydrogen-bond acceptors (Lipinski definition) is 3. The normalized spacial score (nSPS) is 20.8. The van der Waals surface area contributed by atoms with Crippen LogP contribution >= 0.6 is 0 Å². The Morgan fingerprint density at radius 1 is 1.15 bits per heavy atom. The first kappa shape index (κ1) is 20.5. The van der Waals surface area contributed by atoms with Gasteiger partial charge in [-0.25, -0.2) is 0 Å². The van der Waals surface area contributed by atoms with Crippen LogP contribution in [-0.4, -0.2) is 54.0 Å². The molecule has 1 aliphatic rings. The van der Waals surface area contributed by atoms with E-state index >= 15 is 0 Å². The smallest absolute Gasteiger partial charge is 0.288 e. The molecule has 4 heteroatoms. The van der Waals surface area contributed by atoms with Gasteiger partial charge in [-0.1, -0.05) is 50.3 Å². The van der Waals surface area contributed by atoms with Crippen LogP contribution in [0.5, 0.6) is 0 Å². The van der Waals surface area contributed by atoms with Crippen LogP contribution in [0.25, 0.3) is 0 Å². The van der Waals surface area contributed by atoms with Crippen molar-refractivity contribution in [1.82, 2.24) is 9.80 Å². The minimum atomic E-state index is -0.0509. The number of ether oxygens (including phenoxy) is 1. The number of carbonyl (C=O) groups excluding carboxylic acids is 1. The quantitative estimate of drug-likeness (QED) is 0.382. The van der Waals surface area contributed by atoms with Crippen LogP contribution in [0.3, 0.4) is 0 Å². The van der Waals surface area contributed by atoms with Gasteiger partial charge >= 0.3 is 0 Å². The molecule has 4 nitrogen and oxygen atoms in total. The highest BCUT2D eigenvalue weighted by Gasteiger charge is 2.34. The number of piperazine rings is 1. The second-order valence-electron chi connectivity index (χ2n) is 7.38. The Labute approximate surface area is 158 Å². The minimum absolute atomic E-state index is 0.0509. The fraction of sp³-hybridized carbons (Fsp3) is 0.591. The Morgan fingerprint density at radius 2 is 1.81 bits per heavy atom. The second-order valence-corrected chi connectivity index (χ2v) is 7.38. The summed E-state index contributed by atoms with van der Waals surface area (Å²) in [6, 6.07) is 11.0. The number of nitrogens with zero attached hydrogens (tertiary/aromatic N) is 2. The summed E-state index contributed by atoms with van der Waals surface area (Å²) in [5.74, 6) is 0.236. The average Bonchev–Trinajstić information content (AvgIpc) is 2.62. The van der Waals surface area contributed by atoms with Gasteiger partial charge in [-0.15, -0.1) is 0 Å². The Balaban J connectivity index is 1.80. The maximum absolute atomic E-state index is 12.7. The summed E-state index contributed by atoms with van der Waals surface area (Å²) in [5.41, 5.74) is 1.39. The first-order valence-corrected chi connectivity index (χ1v) is 9.93. The van der Waals surface area contributed by atoms with Crippen LogP contribution in [0.2, 0.25) is 0 Å². The third-order valence-electron chi connectivity index (χ3n) is 5.02. The molecule has 26 heavy (non-hydrogen) atoms. The third kappa shape index (κ3) is 5.87. The highest BCUT2D eigenvalue weighted by molar-refractivity contribution is 5.91. The van der Waals surface area contributed by atoms with E-state index in [4.69, 9.17) is 4.74 Å². The van der Waals surface area contributed by atoms with Crippen molar-refractivity contribution in [3.63, 3.8) is 0 Å². The zero-order chi connectivity index (χ0) is 18.9. The molecule has 2 atom stereocenters. The van der Waals surface area contributed by atoms with Crippen LogP contribution in [0, 0.1) is 0 Å².